The Labute approximate surface area is 272 Å². The first-order valence-corrected chi connectivity index (χ1v) is 15.7. The Bertz CT molecular complexity index is 1550. The van der Waals surface area contributed by atoms with Crippen molar-refractivity contribution in [3.05, 3.63) is 81.1 Å². The number of aryl methyl sites for hydroxylation is 1. The lowest BCUT2D eigenvalue weighted by Crippen LogP contribution is -2.49. The van der Waals surface area contributed by atoms with Crippen LogP contribution in [-0.4, -0.2) is 51.2 Å². The van der Waals surface area contributed by atoms with Crippen molar-refractivity contribution in [3.8, 4) is 0 Å². The van der Waals surface area contributed by atoms with Gasteiger partial charge in [-0.3, -0.25) is 19.1 Å². The minimum absolute atomic E-state index is 0.0507. The molecule has 12 heteroatoms. The van der Waals surface area contributed by atoms with Gasteiger partial charge in [-0.05, 0) is 55.2 Å². The Morgan fingerprint density at radius 2 is 1.62 bits per heavy atom. The normalized spacial score (nSPS) is 14.9. The summed E-state index contributed by atoms with van der Waals surface area (Å²) >= 11 is 12.3. The first-order valence-electron chi connectivity index (χ1n) is 14.9. The molecule has 1 aromatic heterocycles. The molecule has 10 nitrogen and oxygen atoms in total. The Morgan fingerprint density at radius 1 is 1.00 bits per heavy atom. The van der Waals surface area contributed by atoms with Crippen LogP contribution in [0, 0.1) is 5.41 Å². The fourth-order valence-electron chi connectivity index (χ4n) is 5.57. The quantitative estimate of drug-likeness (QED) is 0.207. The van der Waals surface area contributed by atoms with Gasteiger partial charge in [-0.1, -0.05) is 75.0 Å². The number of carbonyl (C=O) groups excluding carboxylic acids is 3. The van der Waals surface area contributed by atoms with Crippen LogP contribution in [0.4, 0.5) is 5.69 Å². The summed E-state index contributed by atoms with van der Waals surface area (Å²) in [4.78, 5) is 51.4. The molecule has 3 aromatic rings. The number of hydrogen-bond donors (Lipinski definition) is 4. The zero-order chi connectivity index (χ0) is 32.9. The lowest BCUT2D eigenvalue weighted by molar-refractivity contribution is -0.144. The van der Waals surface area contributed by atoms with E-state index in [1.165, 1.54) is 0 Å². The highest BCUT2D eigenvalue weighted by Gasteiger charge is 2.42. The average Bonchev–Trinajstić information content (AvgIpc) is 3.61. The van der Waals surface area contributed by atoms with Crippen LogP contribution in [-0.2, 0) is 28.5 Å². The first-order chi connectivity index (χ1) is 21.2. The van der Waals surface area contributed by atoms with Crippen LogP contribution < -0.4 is 16.0 Å². The maximum Gasteiger partial charge on any atom is 0.326 e. The van der Waals surface area contributed by atoms with Crippen LogP contribution in [0.5, 0.6) is 0 Å². The number of aromatic nitrogens is 2. The molecule has 0 saturated heterocycles. The highest BCUT2D eigenvalue weighted by atomic mass is 35.5. The molecule has 0 aliphatic heterocycles. The third-order valence-corrected chi connectivity index (χ3v) is 8.89. The van der Waals surface area contributed by atoms with Gasteiger partial charge in [-0.2, -0.15) is 5.10 Å². The smallest absolute Gasteiger partial charge is 0.326 e. The van der Waals surface area contributed by atoms with Gasteiger partial charge in [-0.15, -0.1) is 0 Å². The van der Waals surface area contributed by atoms with E-state index in [0.29, 0.717) is 36.2 Å². The van der Waals surface area contributed by atoms with Gasteiger partial charge in [0.25, 0.3) is 11.8 Å². The van der Waals surface area contributed by atoms with Gasteiger partial charge in [0.15, 0.2) is 0 Å². The summed E-state index contributed by atoms with van der Waals surface area (Å²) in [5, 5.41) is 23.3. The summed E-state index contributed by atoms with van der Waals surface area (Å²) in [6, 6.07) is 12.1. The Morgan fingerprint density at radius 3 is 2.18 bits per heavy atom. The number of amides is 3. The van der Waals surface area contributed by atoms with Crippen LogP contribution in [0.3, 0.4) is 0 Å². The number of carbonyl (C=O) groups is 4. The molecule has 4 N–H and O–H groups in total. The number of nitrogens with zero attached hydrogens (tertiary/aromatic N) is 2. The number of aliphatic carboxylic acids is 1. The van der Waals surface area contributed by atoms with Gasteiger partial charge in [-0.25, -0.2) is 4.79 Å². The van der Waals surface area contributed by atoms with E-state index in [2.05, 4.69) is 21.0 Å². The number of carboxylic acid groups (broad SMARTS) is 1. The molecule has 240 valence electrons. The summed E-state index contributed by atoms with van der Waals surface area (Å²) in [5.74, 6) is -2.21. The van der Waals surface area contributed by atoms with Gasteiger partial charge < -0.3 is 21.1 Å². The Hall–Kier alpha value is -3.89. The van der Waals surface area contributed by atoms with Crippen LogP contribution in [0.25, 0.3) is 0 Å². The molecule has 0 bridgehead atoms. The Balaban J connectivity index is 1.36. The fraction of sp³-hybridized carbons (Fsp3) is 0.424. The van der Waals surface area contributed by atoms with E-state index in [1.54, 1.807) is 60.3 Å². The second-order valence-electron chi connectivity index (χ2n) is 12.6. The molecule has 1 aliphatic rings. The fourth-order valence-corrected chi connectivity index (χ4v) is 6.14. The second kappa shape index (κ2) is 14.0. The van der Waals surface area contributed by atoms with Crippen molar-refractivity contribution >= 4 is 52.6 Å². The zero-order valence-electron chi connectivity index (χ0n) is 25.9. The number of hydrogen-bond acceptors (Lipinski definition) is 5. The van der Waals surface area contributed by atoms with E-state index in [4.69, 9.17) is 23.2 Å². The molecule has 0 radical (unpaired) electrons. The van der Waals surface area contributed by atoms with E-state index in [9.17, 15) is 24.3 Å². The molecule has 4 rings (SSSR count). The van der Waals surface area contributed by atoms with Crippen molar-refractivity contribution in [2.24, 2.45) is 12.5 Å². The number of benzene rings is 2. The summed E-state index contributed by atoms with van der Waals surface area (Å²) in [5.41, 5.74) is 1.58. The molecular weight excluding hydrogens is 617 g/mol. The lowest BCUT2D eigenvalue weighted by atomic mass is 9.81. The second-order valence-corrected chi connectivity index (χ2v) is 13.4. The monoisotopic (exact) mass is 655 g/mol. The third-order valence-electron chi connectivity index (χ3n) is 8.26. The lowest BCUT2D eigenvalue weighted by Gasteiger charge is -2.29. The topological polar surface area (TPSA) is 142 Å². The third kappa shape index (κ3) is 8.23. The van der Waals surface area contributed by atoms with E-state index >= 15 is 0 Å². The Kier molecular flexibility index (Phi) is 10.6. The van der Waals surface area contributed by atoms with E-state index in [0.717, 1.165) is 18.5 Å². The zero-order valence-corrected chi connectivity index (χ0v) is 27.4. The minimum atomic E-state index is -1.16. The standard InChI is InChI=1S/C33H39Cl2N5O5/c1-32(2,3)26-19-25(40(4)39-26)28(41)36-17-16-33(14-5-6-15-33)31(45)38-24(30(43)44)18-20-10-12-21(13-11-20)37-29(42)27-22(34)8-7-9-23(27)35/h7-13,19,24H,5-6,14-18H2,1-4H3,(H,36,41)(H,37,42)(H,38,45)(H,43,44)/t24-/m0/s1. The molecule has 0 spiro atoms. The summed E-state index contributed by atoms with van der Waals surface area (Å²) in [6.45, 7) is 6.35. The molecule has 3 amide bonds. The molecule has 1 heterocycles. The largest absolute Gasteiger partial charge is 0.480 e. The highest BCUT2D eigenvalue weighted by Crippen LogP contribution is 2.41. The van der Waals surface area contributed by atoms with E-state index in [-0.39, 0.29) is 45.8 Å². The number of rotatable bonds is 11. The number of halogens is 2. The maximum absolute atomic E-state index is 13.6. The van der Waals surface area contributed by atoms with Crippen molar-refractivity contribution in [3.63, 3.8) is 0 Å². The highest BCUT2D eigenvalue weighted by molar-refractivity contribution is 6.40. The van der Waals surface area contributed by atoms with Crippen molar-refractivity contribution in [1.82, 2.24) is 20.4 Å². The molecule has 1 aliphatic carbocycles. The van der Waals surface area contributed by atoms with Crippen LogP contribution in [0.15, 0.2) is 48.5 Å². The van der Waals surface area contributed by atoms with Gasteiger partial charge >= 0.3 is 5.97 Å². The van der Waals surface area contributed by atoms with Gasteiger partial charge in [0.2, 0.25) is 5.91 Å². The van der Waals surface area contributed by atoms with Crippen LogP contribution in [0.2, 0.25) is 10.0 Å². The SMILES string of the molecule is Cn1nc(C(C)(C)C)cc1C(=O)NCCC1(C(=O)N[C@@H](Cc2ccc(NC(=O)c3c(Cl)cccc3Cl)cc2)C(=O)O)CCCC1. The minimum Gasteiger partial charge on any atom is -0.480 e. The molecule has 45 heavy (non-hydrogen) atoms. The predicted octanol–water partition coefficient (Wildman–Crippen LogP) is 5.77. The maximum atomic E-state index is 13.6. The summed E-state index contributed by atoms with van der Waals surface area (Å²) in [7, 11) is 1.72. The van der Waals surface area contributed by atoms with Gasteiger partial charge in [0.05, 0.1) is 26.7 Å². The molecule has 1 fully saturated rings. The van der Waals surface area contributed by atoms with Crippen LogP contribution in [0.1, 0.15) is 85.0 Å². The van der Waals surface area contributed by atoms with Gasteiger partial charge in [0, 0.05) is 31.1 Å². The molecular formula is C33H39Cl2N5O5. The molecule has 1 atom stereocenters. The summed E-state index contributed by atoms with van der Waals surface area (Å²) < 4.78 is 1.56. The van der Waals surface area contributed by atoms with Gasteiger partial charge in [0.1, 0.15) is 11.7 Å². The van der Waals surface area contributed by atoms with E-state index in [1.807, 2.05) is 20.8 Å². The van der Waals surface area contributed by atoms with Crippen molar-refractivity contribution in [2.75, 3.05) is 11.9 Å². The summed E-state index contributed by atoms with van der Waals surface area (Å²) in [6.07, 6.45) is 3.38. The van der Waals surface area contributed by atoms with Crippen LogP contribution >= 0.6 is 23.2 Å². The number of nitrogens with one attached hydrogen (secondary N) is 3. The number of anilines is 1. The number of carboxylic acids is 1. The van der Waals surface area contributed by atoms with E-state index < -0.39 is 23.3 Å². The molecule has 2 aromatic carbocycles. The van der Waals surface area contributed by atoms with Crippen molar-refractivity contribution < 1.29 is 24.3 Å². The molecule has 1 saturated carbocycles. The predicted molar refractivity (Wildman–Crippen MR) is 174 cm³/mol. The van der Waals surface area contributed by atoms with Crippen molar-refractivity contribution in [1.29, 1.82) is 0 Å². The average molecular weight is 657 g/mol. The van der Waals surface area contributed by atoms with Crippen molar-refractivity contribution in [2.45, 2.75) is 70.8 Å². The molecule has 0 unspecified atom stereocenters. The first kappa shape index (κ1) is 34.0.